The van der Waals surface area contributed by atoms with Gasteiger partial charge in [0.05, 0.1) is 29.8 Å². The van der Waals surface area contributed by atoms with Crippen LogP contribution in [0.25, 0.3) is 6.08 Å². The summed E-state index contributed by atoms with van der Waals surface area (Å²) >= 11 is 6.21. The van der Waals surface area contributed by atoms with Crippen LogP contribution in [0.4, 0.5) is 5.69 Å². The number of halogens is 1. The number of methoxy groups -OCH3 is 2. The molecule has 1 heterocycles. The average Bonchev–Trinajstić information content (AvgIpc) is 3.09. The summed E-state index contributed by atoms with van der Waals surface area (Å²) in [7, 11) is -0.569. The highest BCUT2D eigenvalue weighted by Crippen LogP contribution is 2.29. The van der Waals surface area contributed by atoms with Gasteiger partial charge in [0.2, 0.25) is 15.9 Å². The molecule has 0 saturated carbocycles. The first-order valence-electron chi connectivity index (χ1n) is 10.4. The largest absolute Gasteiger partial charge is 0.493 e. The molecule has 2 aromatic carbocycles. The molecule has 1 N–H and O–H groups in total. The topological polar surface area (TPSA) is 84.9 Å². The van der Waals surface area contributed by atoms with Crippen molar-refractivity contribution in [3.63, 3.8) is 0 Å². The molecule has 172 valence electrons. The Kier molecular flexibility index (Phi) is 8.17. The van der Waals surface area contributed by atoms with E-state index in [1.54, 1.807) is 31.4 Å². The maximum absolute atomic E-state index is 13.0. The minimum absolute atomic E-state index is 0.114. The van der Waals surface area contributed by atoms with Crippen molar-refractivity contribution in [3.05, 3.63) is 53.1 Å². The van der Waals surface area contributed by atoms with Gasteiger partial charge in [-0.1, -0.05) is 30.5 Å². The molecule has 2 aromatic rings. The lowest BCUT2D eigenvalue weighted by atomic mass is 10.2. The van der Waals surface area contributed by atoms with Crippen LogP contribution in [-0.4, -0.2) is 45.9 Å². The Morgan fingerprint density at radius 3 is 2.34 bits per heavy atom. The van der Waals surface area contributed by atoms with Crippen LogP contribution in [0.2, 0.25) is 5.02 Å². The second-order valence-corrected chi connectivity index (χ2v) is 9.74. The molecule has 0 aromatic heterocycles. The Morgan fingerprint density at radius 1 is 1.00 bits per heavy atom. The zero-order valence-electron chi connectivity index (χ0n) is 18.1. The van der Waals surface area contributed by atoms with Gasteiger partial charge in [0.25, 0.3) is 0 Å². The van der Waals surface area contributed by atoms with Gasteiger partial charge in [-0.25, -0.2) is 8.42 Å². The number of anilines is 1. The van der Waals surface area contributed by atoms with E-state index in [9.17, 15) is 13.2 Å². The quantitative estimate of drug-likeness (QED) is 0.589. The van der Waals surface area contributed by atoms with E-state index in [0.717, 1.165) is 31.2 Å². The Bertz CT molecular complexity index is 1090. The first-order chi connectivity index (χ1) is 15.3. The van der Waals surface area contributed by atoms with Gasteiger partial charge in [0, 0.05) is 19.2 Å². The van der Waals surface area contributed by atoms with Gasteiger partial charge in [-0.15, -0.1) is 0 Å². The molecule has 0 spiro atoms. The lowest BCUT2D eigenvalue weighted by molar-refractivity contribution is -0.111. The van der Waals surface area contributed by atoms with E-state index in [1.807, 2.05) is 0 Å². The number of rotatable bonds is 7. The molecule has 1 aliphatic heterocycles. The van der Waals surface area contributed by atoms with Gasteiger partial charge >= 0.3 is 0 Å². The van der Waals surface area contributed by atoms with Crippen molar-refractivity contribution in [2.45, 2.75) is 30.6 Å². The molecular weight excluding hydrogens is 452 g/mol. The Labute approximate surface area is 194 Å². The normalized spacial score (nSPS) is 15.3. The van der Waals surface area contributed by atoms with Crippen molar-refractivity contribution < 1.29 is 22.7 Å². The fraction of sp³-hybridized carbons (Fsp3) is 0.348. The third-order valence-electron chi connectivity index (χ3n) is 5.23. The highest BCUT2D eigenvalue weighted by atomic mass is 35.5. The van der Waals surface area contributed by atoms with Crippen LogP contribution in [0, 0.1) is 0 Å². The summed E-state index contributed by atoms with van der Waals surface area (Å²) in [5, 5.41) is 2.92. The van der Waals surface area contributed by atoms with Crippen molar-refractivity contribution in [1.82, 2.24) is 4.31 Å². The zero-order chi connectivity index (χ0) is 23.1. The molecule has 1 amide bonds. The molecule has 0 bridgehead atoms. The predicted octanol–water partition coefficient (Wildman–Crippen LogP) is 4.57. The summed E-state index contributed by atoms with van der Waals surface area (Å²) in [4.78, 5) is 12.6. The molecule has 1 fully saturated rings. The fourth-order valence-corrected chi connectivity index (χ4v) is 5.20. The van der Waals surface area contributed by atoms with Gasteiger partial charge in [-0.3, -0.25) is 4.79 Å². The number of nitrogens with zero attached hydrogens (tertiary/aromatic N) is 1. The van der Waals surface area contributed by atoms with E-state index in [2.05, 4.69) is 5.32 Å². The monoisotopic (exact) mass is 478 g/mol. The zero-order valence-corrected chi connectivity index (χ0v) is 19.7. The summed E-state index contributed by atoms with van der Waals surface area (Å²) < 4.78 is 38.1. The lowest BCUT2D eigenvalue weighted by Gasteiger charge is -2.20. The first kappa shape index (κ1) is 24.1. The van der Waals surface area contributed by atoms with Gasteiger partial charge in [-0.05, 0) is 54.8 Å². The van der Waals surface area contributed by atoms with Crippen molar-refractivity contribution in [2.24, 2.45) is 0 Å². The van der Waals surface area contributed by atoms with Crippen molar-refractivity contribution in [2.75, 3.05) is 32.6 Å². The van der Waals surface area contributed by atoms with Crippen LogP contribution in [-0.2, 0) is 14.8 Å². The highest BCUT2D eigenvalue weighted by Gasteiger charge is 2.26. The highest BCUT2D eigenvalue weighted by molar-refractivity contribution is 7.89. The second kappa shape index (κ2) is 10.8. The molecule has 0 unspecified atom stereocenters. The van der Waals surface area contributed by atoms with E-state index in [1.165, 1.54) is 35.7 Å². The standard InChI is InChI=1S/C23H27ClN2O5S/c1-30-21-11-7-17(15-22(21)31-2)8-12-23(27)25-20-16-18(9-10-19(20)24)32(28,29)26-13-5-3-4-6-14-26/h7-12,15-16H,3-6,13-14H2,1-2H3,(H,25,27). The maximum Gasteiger partial charge on any atom is 0.248 e. The third-order valence-corrected chi connectivity index (χ3v) is 7.46. The predicted molar refractivity (Wildman–Crippen MR) is 126 cm³/mol. The minimum atomic E-state index is -3.65. The molecule has 1 aliphatic rings. The number of hydrogen-bond acceptors (Lipinski definition) is 5. The van der Waals surface area contributed by atoms with E-state index in [0.29, 0.717) is 24.6 Å². The van der Waals surface area contributed by atoms with Gasteiger partial charge in [0.15, 0.2) is 11.5 Å². The summed E-state index contributed by atoms with van der Waals surface area (Å²) in [5.41, 5.74) is 0.978. The van der Waals surface area contributed by atoms with Crippen LogP contribution in [0.3, 0.4) is 0 Å². The number of carbonyl (C=O) groups excluding carboxylic acids is 1. The number of nitrogens with one attached hydrogen (secondary N) is 1. The number of sulfonamides is 1. The summed E-state index contributed by atoms with van der Waals surface area (Å²) in [5.74, 6) is 0.693. The van der Waals surface area contributed by atoms with Crippen molar-refractivity contribution in [1.29, 1.82) is 0 Å². The number of carbonyl (C=O) groups is 1. The molecular formula is C23H27ClN2O5S. The summed E-state index contributed by atoms with van der Waals surface area (Å²) in [6, 6.07) is 9.63. The minimum Gasteiger partial charge on any atom is -0.493 e. The smallest absolute Gasteiger partial charge is 0.248 e. The molecule has 7 nitrogen and oxygen atoms in total. The Morgan fingerprint density at radius 2 is 1.69 bits per heavy atom. The first-order valence-corrected chi connectivity index (χ1v) is 12.2. The number of benzene rings is 2. The van der Waals surface area contributed by atoms with Crippen LogP contribution < -0.4 is 14.8 Å². The molecule has 0 aliphatic carbocycles. The Hall–Kier alpha value is -2.55. The molecule has 9 heteroatoms. The van der Waals surface area contributed by atoms with Crippen molar-refractivity contribution in [3.8, 4) is 11.5 Å². The van der Waals surface area contributed by atoms with Crippen LogP contribution >= 0.6 is 11.6 Å². The third kappa shape index (κ3) is 5.82. The number of amides is 1. The van der Waals surface area contributed by atoms with E-state index < -0.39 is 15.9 Å². The van der Waals surface area contributed by atoms with Crippen LogP contribution in [0.1, 0.15) is 31.2 Å². The molecule has 0 atom stereocenters. The molecule has 1 saturated heterocycles. The number of hydrogen-bond donors (Lipinski definition) is 1. The fourth-order valence-electron chi connectivity index (χ4n) is 3.49. The molecule has 3 rings (SSSR count). The van der Waals surface area contributed by atoms with Crippen LogP contribution in [0.5, 0.6) is 11.5 Å². The van der Waals surface area contributed by atoms with Crippen LogP contribution in [0.15, 0.2) is 47.4 Å². The van der Waals surface area contributed by atoms with E-state index in [4.69, 9.17) is 21.1 Å². The lowest BCUT2D eigenvalue weighted by Crippen LogP contribution is -2.32. The van der Waals surface area contributed by atoms with E-state index >= 15 is 0 Å². The molecule has 0 radical (unpaired) electrons. The average molecular weight is 479 g/mol. The molecule has 32 heavy (non-hydrogen) atoms. The second-order valence-electron chi connectivity index (χ2n) is 7.40. The maximum atomic E-state index is 13.0. The summed E-state index contributed by atoms with van der Waals surface area (Å²) in [6.07, 6.45) is 6.70. The Balaban J connectivity index is 1.76. The van der Waals surface area contributed by atoms with E-state index in [-0.39, 0.29) is 15.6 Å². The van der Waals surface area contributed by atoms with Gasteiger partial charge in [0.1, 0.15) is 0 Å². The van der Waals surface area contributed by atoms with Gasteiger partial charge < -0.3 is 14.8 Å². The van der Waals surface area contributed by atoms with Crippen molar-refractivity contribution >= 4 is 39.3 Å². The summed E-state index contributed by atoms with van der Waals surface area (Å²) in [6.45, 7) is 1.00. The van der Waals surface area contributed by atoms with Gasteiger partial charge in [-0.2, -0.15) is 4.31 Å². The SMILES string of the molecule is COc1ccc(C=CC(=O)Nc2cc(S(=O)(=O)N3CCCCCC3)ccc2Cl)cc1OC. The number of ether oxygens (including phenoxy) is 2.